The van der Waals surface area contributed by atoms with Gasteiger partial charge in [-0.25, -0.2) is 0 Å². The van der Waals surface area contributed by atoms with Gasteiger partial charge >= 0.3 is 5.37 Å². The van der Waals surface area contributed by atoms with E-state index in [1.165, 1.54) is 4.90 Å². The van der Waals surface area contributed by atoms with Gasteiger partial charge in [0.25, 0.3) is 0 Å². The second kappa shape index (κ2) is 10.6. The number of Topliss-reactive ketones (excluding diaryl/α,β-unsaturated/α-hetero) is 1. The van der Waals surface area contributed by atoms with Crippen molar-refractivity contribution in [1.82, 2.24) is 4.90 Å². The molecule has 1 aliphatic rings. The van der Waals surface area contributed by atoms with E-state index in [2.05, 4.69) is 0 Å². The Labute approximate surface area is 244 Å². The number of benzene rings is 3. The normalized spacial score (nSPS) is 21.1. The van der Waals surface area contributed by atoms with E-state index < -0.39 is 21.9 Å². The number of halogens is 3. The number of rotatable bonds is 7. The predicted octanol–water partition coefficient (Wildman–Crippen LogP) is 8.51. The summed E-state index contributed by atoms with van der Waals surface area (Å²) in [6.45, 7) is 11.5. The minimum absolute atomic E-state index is 0.0269. The predicted molar refractivity (Wildman–Crippen MR) is 159 cm³/mol. The molecule has 1 aliphatic heterocycles. The fourth-order valence-corrected chi connectivity index (χ4v) is 5.62. The second-order valence-electron chi connectivity index (χ2n) is 10.5. The molecule has 0 radical (unpaired) electrons. The molecule has 0 aromatic heterocycles. The number of ether oxygens (including phenoxy) is 1. The zero-order chi connectivity index (χ0) is 28.8. The van der Waals surface area contributed by atoms with Gasteiger partial charge in [-0.05, 0) is 106 Å². The summed E-state index contributed by atoms with van der Waals surface area (Å²) in [6.07, 6.45) is 0. The van der Waals surface area contributed by atoms with Crippen molar-refractivity contribution in [2.24, 2.45) is 4.99 Å². The van der Waals surface area contributed by atoms with Crippen LogP contribution in [0.15, 0.2) is 71.7 Å². The van der Waals surface area contributed by atoms with Gasteiger partial charge in [-0.15, -0.1) is 0 Å². The number of hydrogen-bond donors (Lipinski definition) is 0. The number of aliphatic imine (C=N–C) groups is 1. The maximum atomic E-state index is 13.3. The third kappa shape index (κ3) is 4.86. The number of amidine groups is 1. The molecule has 0 bridgehead atoms. The Kier molecular flexibility index (Phi) is 7.92. The SMILES string of the molecule is CCOc1cc(C(C)(C)C(C)=O)ccc1C1=N[C@@](C)(c2ccc(Cl)cc2)[C@](C)(c2ccc(Cl)cc2)N1C(=O)Cl. The van der Waals surface area contributed by atoms with Gasteiger partial charge in [0.1, 0.15) is 28.4 Å². The van der Waals surface area contributed by atoms with Crippen molar-refractivity contribution in [2.45, 2.75) is 58.0 Å². The largest absolute Gasteiger partial charge is 0.493 e. The highest BCUT2D eigenvalue weighted by Gasteiger charge is 2.59. The molecular weight excluding hydrogens is 555 g/mol. The molecule has 8 heteroatoms. The van der Waals surface area contributed by atoms with Crippen molar-refractivity contribution in [3.05, 3.63) is 99.0 Å². The van der Waals surface area contributed by atoms with Gasteiger partial charge in [-0.1, -0.05) is 53.5 Å². The first-order chi connectivity index (χ1) is 18.3. The molecule has 0 N–H and O–H groups in total. The second-order valence-corrected chi connectivity index (χ2v) is 11.7. The van der Waals surface area contributed by atoms with Crippen LogP contribution in [0.3, 0.4) is 0 Å². The number of carbonyl (C=O) groups is 2. The Hall–Kier alpha value is -2.86. The molecule has 0 unspecified atom stereocenters. The number of amides is 1. The van der Waals surface area contributed by atoms with Crippen LogP contribution in [-0.2, 0) is 21.3 Å². The van der Waals surface area contributed by atoms with Crippen molar-refractivity contribution in [2.75, 3.05) is 6.61 Å². The van der Waals surface area contributed by atoms with Crippen LogP contribution in [0.1, 0.15) is 63.8 Å². The van der Waals surface area contributed by atoms with Gasteiger partial charge in [0, 0.05) is 15.5 Å². The smallest absolute Gasteiger partial charge is 0.322 e. The quantitative estimate of drug-likeness (QED) is 0.206. The Balaban J connectivity index is 2.03. The molecule has 4 rings (SSSR count). The zero-order valence-electron chi connectivity index (χ0n) is 22.8. The highest BCUT2D eigenvalue weighted by molar-refractivity contribution is 6.64. The van der Waals surface area contributed by atoms with E-state index in [1.54, 1.807) is 31.2 Å². The first kappa shape index (κ1) is 29.1. The lowest BCUT2D eigenvalue weighted by Crippen LogP contribution is -2.53. The molecule has 3 aromatic carbocycles. The lowest BCUT2D eigenvalue weighted by Gasteiger charge is -2.44. The van der Waals surface area contributed by atoms with Gasteiger partial charge in [-0.2, -0.15) is 0 Å². The summed E-state index contributed by atoms with van der Waals surface area (Å²) in [5.74, 6) is 0.893. The van der Waals surface area contributed by atoms with Crippen LogP contribution in [0.5, 0.6) is 5.75 Å². The van der Waals surface area contributed by atoms with Crippen molar-refractivity contribution in [3.63, 3.8) is 0 Å². The van der Waals surface area contributed by atoms with Crippen LogP contribution < -0.4 is 4.74 Å². The zero-order valence-corrected chi connectivity index (χ0v) is 25.1. The van der Waals surface area contributed by atoms with Crippen LogP contribution >= 0.6 is 34.8 Å². The van der Waals surface area contributed by atoms with Crippen LogP contribution in [-0.4, -0.2) is 28.5 Å². The lowest BCUT2D eigenvalue weighted by atomic mass is 9.71. The van der Waals surface area contributed by atoms with E-state index >= 15 is 0 Å². The molecule has 204 valence electrons. The van der Waals surface area contributed by atoms with E-state index in [-0.39, 0.29) is 5.78 Å². The summed E-state index contributed by atoms with van der Waals surface area (Å²) in [5.41, 5.74) is 0.266. The summed E-state index contributed by atoms with van der Waals surface area (Å²) in [6, 6.07) is 20.3. The van der Waals surface area contributed by atoms with Crippen LogP contribution in [0, 0.1) is 0 Å². The average Bonchev–Trinajstić information content (AvgIpc) is 3.13. The van der Waals surface area contributed by atoms with Gasteiger partial charge in [0.15, 0.2) is 0 Å². The van der Waals surface area contributed by atoms with Crippen molar-refractivity contribution < 1.29 is 14.3 Å². The third-order valence-corrected chi connectivity index (χ3v) is 8.72. The molecule has 0 aliphatic carbocycles. The van der Waals surface area contributed by atoms with Gasteiger partial charge in [0.05, 0.1) is 12.2 Å². The fraction of sp³-hybridized carbons (Fsp3) is 0.323. The molecule has 1 amide bonds. The summed E-state index contributed by atoms with van der Waals surface area (Å²) < 4.78 is 6.06. The standard InChI is InChI=1S/C31H31Cl3N2O3/c1-7-39-26-18-22(29(3,4)19(2)37)12-17-25(26)27-35-30(5,20-8-13-23(32)14-9-20)31(6,36(27)28(34)38)21-10-15-24(33)16-11-21/h8-18H,7H2,1-6H3/t30-,31-/m0/s1. The van der Waals surface area contributed by atoms with E-state index in [4.69, 9.17) is 44.5 Å². The van der Waals surface area contributed by atoms with Crippen LogP contribution in [0.4, 0.5) is 4.79 Å². The first-order valence-electron chi connectivity index (χ1n) is 12.7. The molecule has 39 heavy (non-hydrogen) atoms. The van der Waals surface area contributed by atoms with Gasteiger partial charge in [0.2, 0.25) is 0 Å². The first-order valence-corrected chi connectivity index (χ1v) is 13.8. The number of nitrogens with zero attached hydrogens (tertiary/aromatic N) is 2. The van der Waals surface area contributed by atoms with Gasteiger partial charge < -0.3 is 4.74 Å². The van der Waals surface area contributed by atoms with Crippen LogP contribution in [0.2, 0.25) is 10.0 Å². The molecule has 0 saturated carbocycles. The molecule has 0 spiro atoms. The van der Waals surface area contributed by atoms with Gasteiger partial charge in [-0.3, -0.25) is 19.5 Å². The van der Waals surface area contributed by atoms with E-state index in [0.29, 0.717) is 33.8 Å². The summed E-state index contributed by atoms with van der Waals surface area (Å²) in [7, 11) is 0. The molecule has 1 heterocycles. The third-order valence-electron chi connectivity index (χ3n) is 8.05. The van der Waals surface area contributed by atoms with Crippen molar-refractivity contribution in [1.29, 1.82) is 0 Å². The van der Waals surface area contributed by atoms with E-state index in [9.17, 15) is 9.59 Å². The highest BCUT2D eigenvalue weighted by atomic mass is 35.5. The fourth-order valence-electron chi connectivity index (χ4n) is 5.12. The number of ketones is 1. The van der Waals surface area contributed by atoms with Crippen LogP contribution in [0.25, 0.3) is 0 Å². The molecule has 0 fully saturated rings. The minimum atomic E-state index is -1.06. The van der Waals surface area contributed by atoms with E-state index in [1.807, 2.05) is 77.1 Å². The monoisotopic (exact) mass is 584 g/mol. The Morgan fingerprint density at radius 3 is 1.95 bits per heavy atom. The number of carbonyl (C=O) groups excluding carboxylic acids is 2. The summed E-state index contributed by atoms with van der Waals surface area (Å²) in [5, 5.41) is 0.463. The van der Waals surface area contributed by atoms with Crippen molar-refractivity contribution in [3.8, 4) is 5.75 Å². The lowest BCUT2D eigenvalue weighted by molar-refractivity contribution is -0.121. The summed E-state index contributed by atoms with van der Waals surface area (Å²) in [4.78, 5) is 32.5. The Morgan fingerprint density at radius 2 is 1.46 bits per heavy atom. The summed E-state index contributed by atoms with van der Waals surface area (Å²) >= 11 is 18.8. The topological polar surface area (TPSA) is 59.0 Å². The highest BCUT2D eigenvalue weighted by Crippen LogP contribution is 2.54. The Morgan fingerprint density at radius 1 is 0.923 bits per heavy atom. The van der Waals surface area contributed by atoms with Crippen molar-refractivity contribution >= 4 is 51.8 Å². The number of hydrogen-bond acceptors (Lipinski definition) is 4. The maximum Gasteiger partial charge on any atom is 0.322 e. The maximum absolute atomic E-state index is 13.3. The van der Waals surface area contributed by atoms with E-state index in [0.717, 1.165) is 16.7 Å². The molecule has 0 saturated heterocycles. The average molecular weight is 586 g/mol. The molecule has 2 atom stereocenters. The molecular formula is C31H31Cl3N2O3. The minimum Gasteiger partial charge on any atom is -0.493 e. The molecule has 3 aromatic rings. The Bertz CT molecular complexity index is 1450. The molecule has 5 nitrogen and oxygen atoms in total.